The van der Waals surface area contributed by atoms with Crippen LogP contribution in [0.4, 0.5) is 5.69 Å². The maximum absolute atomic E-state index is 10.0. The second kappa shape index (κ2) is 6.85. The van der Waals surface area contributed by atoms with Gasteiger partial charge in [-0.15, -0.1) is 12.6 Å². The first-order valence-electron chi connectivity index (χ1n) is 3.62. The van der Waals surface area contributed by atoms with Gasteiger partial charge in [0.05, 0.1) is 4.92 Å². The highest BCUT2D eigenvalue weighted by Crippen LogP contribution is 2.06. The number of benzene rings is 1. The van der Waals surface area contributed by atoms with Crippen LogP contribution in [0, 0.1) is 10.1 Å². The standard InChI is InChI=1S/C6H5NO2.C3H4OS/c8-7(9)6-4-2-1-3-5-6;1-2-3(4)5/h1-5H;2H,1H2,(H,4,5). The predicted molar refractivity (Wildman–Crippen MR) is 57.3 cm³/mol. The van der Waals surface area contributed by atoms with Crippen LogP contribution in [0.15, 0.2) is 43.0 Å². The van der Waals surface area contributed by atoms with Gasteiger partial charge in [0, 0.05) is 12.1 Å². The van der Waals surface area contributed by atoms with Crippen LogP contribution in [-0.2, 0) is 4.79 Å². The van der Waals surface area contributed by atoms with Crippen molar-refractivity contribution in [2.75, 3.05) is 0 Å². The molecule has 1 rings (SSSR count). The topological polar surface area (TPSA) is 60.2 Å². The SMILES string of the molecule is C=CC(=O)S.O=[N+]([O-])c1ccccc1. The lowest BCUT2D eigenvalue weighted by Crippen LogP contribution is -1.84. The molecule has 14 heavy (non-hydrogen) atoms. The fourth-order valence-corrected chi connectivity index (χ4v) is 0.550. The molecule has 0 spiro atoms. The van der Waals surface area contributed by atoms with Crippen LogP contribution in [0.25, 0.3) is 0 Å². The number of carbonyl (C=O) groups is 1. The first kappa shape index (κ1) is 12.4. The summed E-state index contributed by atoms with van der Waals surface area (Å²) >= 11 is 3.34. The monoisotopic (exact) mass is 211 g/mol. The molecule has 1 aromatic rings. The Labute approximate surface area is 86.8 Å². The van der Waals surface area contributed by atoms with Gasteiger partial charge in [0.2, 0.25) is 5.12 Å². The van der Waals surface area contributed by atoms with Crippen molar-refractivity contribution < 1.29 is 9.72 Å². The number of thiol groups is 1. The van der Waals surface area contributed by atoms with Crippen molar-refractivity contribution in [2.24, 2.45) is 0 Å². The fraction of sp³-hybridized carbons (Fsp3) is 0. The summed E-state index contributed by atoms with van der Waals surface area (Å²) in [5.74, 6) is 0. The second-order valence-corrected chi connectivity index (χ2v) is 2.58. The highest BCUT2D eigenvalue weighted by atomic mass is 32.1. The van der Waals surface area contributed by atoms with Crippen LogP contribution >= 0.6 is 12.6 Å². The molecule has 0 aliphatic rings. The summed E-state index contributed by atoms with van der Waals surface area (Å²) in [6, 6.07) is 7.93. The zero-order valence-electron chi connectivity index (χ0n) is 7.29. The quantitative estimate of drug-likeness (QED) is 0.353. The van der Waals surface area contributed by atoms with Gasteiger partial charge < -0.3 is 0 Å². The molecule has 0 N–H and O–H groups in total. The molecule has 0 aliphatic carbocycles. The Morgan fingerprint density at radius 3 is 2.07 bits per heavy atom. The molecule has 4 nitrogen and oxygen atoms in total. The van der Waals surface area contributed by atoms with Crippen LogP contribution in [0.2, 0.25) is 0 Å². The summed E-state index contributed by atoms with van der Waals surface area (Å²) in [6.45, 7) is 3.13. The van der Waals surface area contributed by atoms with E-state index in [1.54, 1.807) is 18.2 Å². The lowest BCUT2D eigenvalue weighted by molar-refractivity contribution is -0.384. The molecule has 0 heterocycles. The molecular formula is C9H9NO3S. The average Bonchev–Trinajstić information content (AvgIpc) is 2.20. The van der Waals surface area contributed by atoms with Crippen LogP contribution in [0.3, 0.4) is 0 Å². The van der Waals surface area contributed by atoms with Crippen molar-refractivity contribution in [3.05, 3.63) is 53.1 Å². The van der Waals surface area contributed by atoms with Gasteiger partial charge in [0.15, 0.2) is 0 Å². The first-order valence-corrected chi connectivity index (χ1v) is 4.07. The molecule has 0 amide bonds. The van der Waals surface area contributed by atoms with E-state index in [-0.39, 0.29) is 10.8 Å². The highest BCUT2D eigenvalue weighted by Gasteiger charge is 1.98. The second-order valence-electron chi connectivity index (χ2n) is 2.14. The van der Waals surface area contributed by atoms with Crippen molar-refractivity contribution in [1.29, 1.82) is 0 Å². The summed E-state index contributed by atoms with van der Waals surface area (Å²) in [6.07, 6.45) is 1.14. The Morgan fingerprint density at radius 1 is 1.43 bits per heavy atom. The number of nitro benzene ring substituents is 1. The Balaban J connectivity index is 0.000000292. The molecule has 0 aliphatic heterocycles. The minimum absolute atomic E-state index is 0.137. The van der Waals surface area contributed by atoms with Gasteiger partial charge >= 0.3 is 0 Å². The molecule has 0 unspecified atom stereocenters. The molecule has 0 bridgehead atoms. The van der Waals surface area contributed by atoms with Gasteiger partial charge in [-0.1, -0.05) is 24.8 Å². The lowest BCUT2D eigenvalue weighted by Gasteiger charge is -1.85. The van der Waals surface area contributed by atoms with Crippen LogP contribution < -0.4 is 0 Å². The maximum Gasteiger partial charge on any atom is 0.269 e. The van der Waals surface area contributed by atoms with Gasteiger partial charge in [-0.3, -0.25) is 14.9 Å². The Kier molecular flexibility index (Phi) is 6.06. The Hall–Kier alpha value is -1.62. The van der Waals surface area contributed by atoms with Crippen molar-refractivity contribution in [1.82, 2.24) is 0 Å². The number of non-ortho nitro benzene ring substituents is 1. The molecule has 1 aromatic carbocycles. The normalized spacial score (nSPS) is 8.07. The van der Waals surface area contributed by atoms with E-state index in [0.717, 1.165) is 6.08 Å². The molecule has 0 atom stereocenters. The molecule has 0 fully saturated rings. The largest absolute Gasteiger partial charge is 0.283 e. The third-order valence-electron chi connectivity index (χ3n) is 1.14. The molecule has 0 radical (unpaired) electrons. The van der Waals surface area contributed by atoms with Crippen molar-refractivity contribution in [3.63, 3.8) is 0 Å². The third-order valence-corrected chi connectivity index (χ3v) is 1.32. The first-order chi connectivity index (χ1) is 6.57. The molecule has 0 saturated heterocycles. The summed E-state index contributed by atoms with van der Waals surface area (Å²) in [4.78, 5) is 19.1. The van der Waals surface area contributed by atoms with E-state index >= 15 is 0 Å². The van der Waals surface area contributed by atoms with Gasteiger partial charge in [0.25, 0.3) is 5.69 Å². The van der Waals surface area contributed by atoms with E-state index < -0.39 is 4.92 Å². The lowest BCUT2D eigenvalue weighted by atomic mass is 10.3. The van der Waals surface area contributed by atoms with E-state index in [1.165, 1.54) is 12.1 Å². The zero-order valence-corrected chi connectivity index (χ0v) is 8.18. The smallest absolute Gasteiger partial charge is 0.269 e. The predicted octanol–water partition coefficient (Wildman–Crippen LogP) is 2.22. The van der Waals surface area contributed by atoms with E-state index in [9.17, 15) is 14.9 Å². The highest BCUT2D eigenvalue weighted by molar-refractivity contribution is 7.97. The van der Waals surface area contributed by atoms with Crippen molar-refractivity contribution in [2.45, 2.75) is 0 Å². The molecule has 0 aromatic heterocycles. The van der Waals surface area contributed by atoms with Gasteiger partial charge in [-0.2, -0.15) is 0 Å². The number of rotatable bonds is 2. The number of hydrogen-bond acceptors (Lipinski definition) is 3. The molecular weight excluding hydrogens is 202 g/mol. The molecule has 74 valence electrons. The number of carbonyl (C=O) groups excluding carboxylic acids is 1. The third kappa shape index (κ3) is 5.96. The van der Waals surface area contributed by atoms with E-state index in [2.05, 4.69) is 19.2 Å². The van der Waals surface area contributed by atoms with Gasteiger partial charge in [-0.25, -0.2) is 0 Å². The Bertz CT molecular complexity index is 324. The number of para-hydroxylation sites is 1. The van der Waals surface area contributed by atoms with Gasteiger partial charge in [0.1, 0.15) is 0 Å². The molecule has 0 saturated carbocycles. The van der Waals surface area contributed by atoms with E-state index in [0.29, 0.717) is 0 Å². The number of nitro groups is 1. The van der Waals surface area contributed by atoms with Crippen LogP contribution in [0.5, 0.6) is 0 Å². The fourth-order valence-electron chi connectivity index (χ4n) is 0.550. The number of nitrogens with zero attached hydrogens (tertiary/aromatic N) is 1. The summed E-state index contributed by atoms with van der Waals surface area (Å²) in [5.41, 5.74) is 0.137. The van der Waals surface area contributed by atoms with Crippen molar-refractivity contribution >= 4 is 23.4 Å². The van der Waals surface area contributed by atoms with Crippen LogP contribution in [0.1, 0.15) is 0 Å². The number of hydrogen-bond donors (Lipinski definition) is 1. The zero-order chi connectivity index (χ0) is 11.0. The average molecular weight is 211 g/mol. The molecule has 5 heteroatoms. The minimum atomic E-state index is -0.417. The van der Waals surface area contributed by atoms with E-state index in [1.807, 2.05) is 0 Å². The minimum Gasteiger partial charge on any atom is -0.283 e. The maximum atomic E-state index is 10.0. The Morgan fingerprint density at radius 2 is 1.86 bits per heavy atom. The van der Waals surface area contributed by atoms with Crippen LogP contribution in [-0.4, -0.2) is 10.0 Å². The summed E-state index contributed by atoms with van der Waals surface area (Å²) in [7, 11) is 0. The van der Waals surface area contributed by atoms with E-state index in [4.69, 9.17) is 0 Å². The van der Waals surface area contributed by atoms with Crippen molar-refractivity contribution in [3.8, 4) is 0 Å². The summed E-state index contributed by atoms with van der Waals surface area (Å²) < 4.78 is 0. The summed E-state index contributed by atoms with van der Waals surface area (Å²) in [5, 5.41) is 9.72. The van der Waals surface area contributed by atoms with Gasteiger partial charge in [-0.05, 0) is 6.08 Å².